The Morgan fingerprint density at radius 2 is 2.33 bits per heavy atom. The van der Waals surface area contributed by atoms with E-state index in [1.807, 2.05) is 6.92 Å². The van der Waals surface area contributed by atoms with Gasteiger partial charge in [-0.2, -0.15) is 0 Å². The molecule has 1 amide bonds. The zero-order valence-electron chi connectivity index (χ0n) is 9.81. The van der Waals surface area contributed by atoms with Crippen molar-refractivity contribution in [1.82, 2.24) is 5.32 Å². The van der Waals surface area contributed by atoms with Crippen LogP contribution in [-0.2, 0) is 4.79 Å². The smallest absolute Gasteiger partial charge is 0.220 e. The van der Waals surface area contributed by atoms with Crippen LogP contribution in [0.3, 0.4) is 0 Å². The number of alkyl halides is 1. The average molecular weight is 276 g/mol. The summed E-state index contributed by atoms with van der Waals surface area (Å²) in [7, 11) is 0. The first-order valence-corrected chi connectivity index (χ1v) is 7.11. The fourth-order valence-electron chi connectivity index (χ4n) is 2.51. The quantitative estimate of drug-likeness (QED) is 0.785. The number of hydrogen-bond donors (Lipinski definition) is 1. The predicted octanol–water partition coefficient (Wildman–Crippen LogP) is 3.25. The first kappa shape index (κ1) is 13.0. The van der Waals surface area contributed by atoms with E-state index in [2.05, 4.69) is 28.2 Å². The van der Waals surface area contributed by atoms with Crippen molar-refractivity contribution in [3.63, 3.8) is 0 Å². The van der Waals surface area contributed by atoms with Crippen LogP contribution in [0.5, 0.6) is 0 Å². The number of rotatable bonds is 4. The van der Waals surface area contributed by atoms with Gasteiger partial charge in [-0.3, -0.25) is 4.79 Å². The van der Waals surface area contributed by atoms with Gasteiger partial charge in [0.25, 0.3) is 0 Å². The zero-order valence-corrected chi connectivity index (χ0v) is 11.4. The van der Waals surface area contributed by atoms with Gasteiger partial charge in [0.1, 0.15) is 0 Å². The zero-order chi connectivity index (χ0) is 11.3. The molecular formula is C12H22BrNO. The first-order chi connectivity index (χ1) is 7.12. The fraction of sp³-hybridized carbons (Fsp3) is 0.917. The van der Waals surface area contributed by atoms with E-state index in [4.69, 9.17) is 0 Å². The number of nitrogens with one attached hydrogen (secondary N) is 1. The van der Waals surface area contributed by atoms with Crippen LogP contribution in [0, 0.1) is 5.92 Å². The molecule has 0 aliphatic heterocycles. The highest BCUT2D eigenvalue weighted by molar-refractivity contribution is 9.09. The van der Waals surface area contributed by atoms with Crippen LogP contribution in [0.4, 0.5) is 0 Å². The summed E-state index contributed by atoms with van der Waals surface area (Å²) in [5.41, 5.74) is 0.0317. The summed E-state index contributed by atoms with van der Waals surface area (Å²) in [4.78, 5) is 11.7. The second kappa shape index (κ2) is 5.88. The van der Waals surface area contributed by atoms with Gasteiger partial charge in [-0.15, -0.1) is 0 Å². The standard InChI is InChI=1S/C12H22BrNO/c1-3-5-11(15)14-12(9-13)7-4-6-10(2)8-12/h10H,3-9H2,1-2H3,(H,14,15). The summed E-state index contributed by atoms with van der Waals surface area (Å²) in [5, 5.41) is 4.12. The van der Waals surface area contributed by atoms with Crippen molar-refractivity contribution >= 4 is 21.8 Å². The maximum Gasteiger partial charge on any atom is 0.220 e. The van der Waals surface area contributed by atoms with E-state index in [0.29, 0.717) is 6.42 Å². The van der Waals surface area contributed by atoms with Crippen molar-refractivity contribution in [2.24, 2.45) is 5.92 Å². The molecule has 0 radical (unpaired) electrons. The molecule has 1 N–H and O–H groups in total. The van der Waals surface area contributed by atoms with Crippen molar-refractivity contribution in [2.75, 3.05) is 5.33 Å². The second-order valence-corrected chi connectivity index (χ2v) is 5.47. The molecule has 1 aliphatic carbocycles. The Morgan fingerprint density at radius 1 is 1.60 bits per heavy atom. The maximum atomic E-state index is 11.7. The highest BCUT2D eigenvalue weighted by Crippen LogP contribution is 2.33. The Balaban J connectivity index is 2.55. The Morgan fingerprint density at radius 3 is 2.87 bits per heavy atom. The summed E-state index contributed by atoms with van der Waals surface area (Å²) in [6.07, 6.45) is 6.37. The highest BCUT2D eigenvalue weighted by Gasteiger charge is 2.34. The molecular weight excluding hydrogens is 254 g/mol. The molecule has 1 saturated carbocycles. The van der Waals surface area contributed by atoms with Gasteiger partial charge in [-0.25, -0.2) is 0 Å². The topological polar surface area (TPSA) is 29.1 Å². The number of halogens is 1. The van der Waals surface area contributed by atoms with E-state index in [-0.39, 0.29) is 11.4 Å². The van der Waals surface area contributed by atoms with Crippen molar-refractivity contribution < 1.29 is 4.79 Å². The van der Waals surface area contributed by atoms with Crippen LogP contribution < -0.4 is 5.32 Å². The molecule has 2 unspecified atom stereocenters. The van der Waals surface area contributed by atoms with E-state index in [1.54, 1.807) is 0 Å². The third kappa shape index (κ3) is 3.78. The molecule has 0 saturated heterocycles. The average Bonchev–Trinajstić information content (AvgIpc) is 2.18. The van der Waals surface area contributed by atoms with Crippen LogP contribution >= 0.6 is 15.9 Å². The largest absolute Gasteiger partial charge is 0.350 e. The van der Waals surface area contributed by atoms with Crippen LogP contribution in [0.1, 0.15) is 52.4 Å². The third-order valence-electron chi connectivity index (χ3n) is 3.23. The summed E-state index contributed by atoms with van der Waals surface area (Å²) >= 11 is 3.56. The lowest BCUT2D eigenvalue weighted by atomic mass is 9.77. The Hall–Kier alpha value is -0.0500. The van der Waals surface area contributed by atoms with Gasteiger partial charge in [0.2, 0.25) is 5.91 Å². The minimum absolute atomic E-state index is 0.0317. The predicted molar refractivity (Wildman–Crippen MR) is 67.2 cm³/mol. The summed E-state index contributed by atoms with van der Waals surface area (Å²) in [6, 6.07) is 0. The molecule has 1 aliphatic rings. The Kier molecular flexibility index (Phi) is 5.10. The second-order valence-electron chi connectivity index (χ2n) is 4.91. The molecule has 0 bridgehead atoms. The van der Waals surface area contributed by atoms with Gasteiger partial charge in [0.05, 0.1) is 0 Å². The van der Waals surface area contributed by atoms with Crippen molar-refractivity contribution in [3.05, 3.63) is 0 Å². The Bertz CT molecular complexity index is 220. The van der Waals surface area contributed by atoms with E-state index in [9.17, 15) is 4.79 Å². The van der Waals surface area contributed by atoms with Gasteiger partial charge >= 0.3 is 0 Å². The number of carbonyl (C=O) groups excluding carboxylic acids is 1. The van der Waals surface area contributed by atoms with Crippen molar-refractivity contribution in [3.8, 4) is 0 Å². The molecule has 0 spiro atoms. The molecule has 88 valence electrons. The summed E-state index contributed by atoms with van der Waals surface area (Å²) < 4.78 is 0. The number of hydrogen-bond acceptors (Lipinski definition) is 1. The number of carbonyl (C=O) groups is 1. The SMILES string of the molecule is CCCC(=O)NC1(CBr)CCCC(C)C1. The Labute approximate surface area is 101 Å². The van der Waals surface area contributed by atoms with E-state index < -0.39 is 0 Å². The van der Waals surface area contributed by atoms with Gasteiger partial charge in [0, 0.05) is 17.3 Å². The van der Waals surface area contributed by atoms with Crippen LogP contribution in [0.15, 0.2) is 0 Å². The molecule has 15 heavy (non-hydrogen) atoms. The molecule has 2 atom stereocenters. The molecule has 3 heteroatoms. The molecule has 0 aromatic rings. The lowest BCUT2D eigenvalue weighted by Crippen LogP contribution is -2.52. The normalized spacial score (nSPS) is 31.3. The molecule has 2 nitrogen and oxygen atoms in total. The van der Waals surface area contributed by atoms with Gasteiger partial charge in [0.15, 0.2) is 0 Å². The summed E-state index contributed by atoms with van der Waals surface area (Å²) in [5.74, 6) is 0.948. The van der Waals surface area contributed by atoms with Crippen molar-refractivity contribution in [1.29, 1.82) is 0 Å². The van der Waals surface area contributed by atoms with Crippen LogP contribution in [0.25, 0.3) is 0 Å². The van der Waals surface area contributed by atoms with Gasteiger partial charge in [-0.05, 0) is 25.2 Å². The highest BCUT2D eigenvalue weighted by atomic mass is 79.9. The third-order valence-corrected chi connectivity index (χ3v) is 4.30. The minimum atomic E-state index is 0.0317. The molecule has 1 rings (SSSR count). The summed E-state index contributed by atoms with van der Waals surface area (Å²) in [6.45, 7) is 4.33. The van der Waals surface area contributed by atoms with E-state index in [1.165, 1.54) is 12.8 Å². The lowest BCUT2D eigenvalue weighted by molar-refractivity contribution is -0.123. The minimum Gasteiger partial charge on any atom is -0.350 e. The lowest BCUT2D eigenvalue weighted by Gasteiger charge is -2.39. The van der Waals surface area contributed by atoms with Crippen molar-refractivity contribution in [2.45, 2.75) is 57.9 Å². The van der Waals surface area contributed by atoms with E-state index >= 15 is 0 Å². The monoisotopic (exact) mass is 275 g/mol. The van der Waals surface area contributed by atoms with Crippen LogP contribution in [-0.4, -0.2) is 16.8 Å². The molecule has 0 heterocycles. The van der Waals surface area contributed by atoms with E-state index in [0.717, 1.165) is 30.5 Å². The first-order valence-electron chi connectivity index (χ1n) is 5.99. The fourth-order valence-corrected chi connectivity index (χ4v) is 3.16. The molecule has 0 aromatic heterocycles. The number of amides is 1. The van der Waals surface area contributed by atoms with Gasteiger partial charge in [-0.1, -0.05) is 42.6 Å². The molecule has 1 fully saturated rings. The molecule has 0 aromatic carbocycles. The van der Waals surface area contributed by atoms with Gasteiger partial charge < -0.3 is 5.32 Å². The van der Waals surface area contributed by atoms with Crippen LogP contribution in [0.2, 0.25) is 0 Å². The maximum absolute atomic E-state index is 11.7.